The number of aliphatic hydroxyl groups excluding tert-OH is 3. The molecular formula is C22H24ClF6N5O4. The van der Waals surface area contributed by atoms with Crippen molar-refractivity contribution in [3.05, 3.63) is 22.7 Å². The summed E-state index contributed by atoms with van der Waals surface area (Å²) < 4.78 is 79.8. The first-order chi connectivity index (χ1) is 17.7. The fourth-order valence-corrected chi connectivity index (χ4v) is 4.00. The van der Waals surface area contributed by atoms with E-state index in [2.05, 4.69) is 36.9 Å². The lowest BCUT2D eigenvalue weighted by atomic mass is 9.98. The van der Waals surface area contributed by atoms with Crippen LogP contribution in [0.5, 0.6) is 0 Å². The number of rotatable bonds is 7. The van der Waals surface area contributed by atoms with Crippen molar-refractivity contribution in [1.29, 1.82) is 0 Å². The number of anilines is 2. The van der Waals surface area contributed by atoms with Crippen molar-refractivity contribution >= 4 is 29.1 Å². The van der Waals surface area contributed by atoms with Crippen LogP contribution in [0.1, 0.15) is 25.3 Å². The molecule has 2 heterocycles. The van der Waals surface area contributed by atoms with Crippen molar-refractivity contribution in [1.82, 2.24) is 9.97 Å². The molecule has 1 aromatic rings. The molecule has 0 bridgehead atoms. The van der Waals surface area contributed by atoms with E-state index in [4.69, 9.17) is 11.6 Å². The topological polar surface area (TPSA) is 132 Å². The summed E-state index contributed by atoms with van der Waals surface area (Å²) in [5.74, 6) is 3.56. The Kier molecular flexibility index (Phi) is 9.34. The lowest BCUT2D eigenvalue weighted by molar-refractivity contribution is -0.165. The third kappa shape index (κ3) is 8.10. The number of ether oxygens (including phenoxy) is 1. The maximum absolute atomic E-state index is 12.7. The van der Waals surface area contributed by atoms with Crippen LogP contribution in [0.3, 0.4) is 0 Å². The van der Waals surface area contributed by atoms with Gasteiger partial charge in [-0.15, -0.1) is 0 Å². The maximum Gasteiger partial charge on any atom is 0.422 e. The van der Waals surface area contributed by atoms with E-state index in [1.807, 2.05) is 5.32 Å². The second kappa shape index (κ2) is 11.9. The molecule has 2 aliphatic rings. The molecule has 3 rings (SSSR count). The Morgan fingerprint density at radius 3 is 2.42 bits per heavy atom. The quantitative estimate of drug-likeness (QED) is 0.192. The van der Waals surface area contributed by atoms with Gasteiger partial charge < -0.3 is 30.7 Å². The number of hydrogen-bond acceptors (Lipinski definition) is 9. The zero-order valence-electron chi connectivity index (χ0n) is 19.7. The average molecular weight is 572 g/mol. The molecule has 1 aliphatic carbocycles. The first-order valence-electron chi connectivity index (χ1n) is 11.2. The number of aliphatic imine (C=N–C) groups is 1. The van der Waals surface area contributed by atoms with Gasteiger partial charge in [0.2, 0.25) is 11.8 Å². The van der Waals surface area contributed by atoms with Gasteiger partial charge in [0, 0.05) is 18.2 Å². The normalized spacial score (nSPS) is 25.7. The highest BCUT2D eigenvalue weighted by Gasteiger charge is 2.41. The molecule has 210 valence electrons. The summed E-state index contributed by atoms with van der Waals surface area (Å²) in [5, 5.41) is 34.4. The lowest BCUT2D eigenvalue weighted by Crippen LogP contribution is -2.36. The zero-order chi connectivity index (χ0) is 28.3. The fraction of sp³-hybridized carbons (Fsp3) is 0.591. The summed E-state index contributed by atoms with van der Waals surface area (Å²) in [4.78, 5) is 11.8. The Balaban J connectivity index is 1.86. The van der Waals surface area contributed by atoms with E-state index in [9.17, 15) is 41.7 Å². The third-order valence-electron chi connectivity index (χ3n) is 5.74. The Labute approximate surface area is 218 Å². The molecular weight excluding hydrogens is 548 g/mol. The van der Waals surface area contributed by atoms with Gasteiger partial charge in [0.25, 0.3) is 0 Å². The van der Waals surface area contributed by atoms with Crippen LogP contribution < -0.4 is 10.6 Å². The lowest BCUT2D eigenvalue weighted by Gasteiger charge is -2.20. The number of nitrogens with one attached hydrogen (secondary N) is 2. The summed E-state index contributed by atoms with van der Waals surface area (Å²) in [7, 11) is 0. The van der Waals surface area contributed by atoms with Crippen molar-refractivity contribution in [2.75, 3.05) is 30.4 Å². The summed E-state index contributed by atoms with van der Waals surface area (Å²) in [6.45, 7) is -1.82. The second-order valence-electron chi connectivity index (χ2n) is 8.70. The van der Waals surface area contributed by atoms with E-state index in [1.165, 1.54) is 13.0 Å². The highest BCUT2D eigenvalue weighted by Crippen LogP contribution is 2.31. The van der Waals surface area contributed by atoms with Gasteiger partial charge in [0.05, 0.1) is 18.1 Å². The van der Waals surface area contributed by atoms with Gasteiger partial charge in [-0.25, -0.2) is 4.99 Å². The number of hydrogen-bond donors (Lipinski definition) is 5. The minimum atomic E-state index is -4.57. The molecule has 0 saturated heterocycles. The minimum Gasteiger partial charge on any atom is -0.468 e. The van der Waals surface area contributed by atoms with Crippen molar-refractivity contribution in [3.63, 3.8) is 0 Å². The molecule has 0 radical (unpaired) electrons. The molecule has 1 fully saturated rings. The van der Waals surface area contributed by atoms with Gasteiger partial charge in [0.15, 0.2) is 11.8 Å². The highest BCUT2D eigenvalue weighted by molar-refractivity contribution is 6.31. The van der Waals surface area contributed by atoms with Crippen molar-refractivity contribution < 1.29 is 46.4 Å². The van der Waals surface area contributed by atoms with Crippen LogP contribution in [0.2, 0.25) is 5.15 Å². The summed E-state index contributed by atoms with van der Waals surface area (Å²) in [5.41, 5.74) is 0.321. The Morgan fingerprint density at radius 2 is 1.84 bits per heavy atom. The molecule has 1 unspecified atom stereocenters. The monoisotopic (exact) mass is 571 g/mol. The number of aliphatic hydroxyl groups is 3. The van der Waals surface area contributed by atoms with Gasteiger partial charge >= 0.3 is 12.4 Å². The molecule has 0 amide bonds. The van der Waals surface area contributed by atoms with Crippen molar-refractivity contribution in [3.8, 4) is 11.8 Å². The standard InChI is InChI=1S/C22H24ClF6N5O4/c1-10-11(3-5-15(31-10)38-9-22(27,28)29)2-4-13-18(23)33-20(30-8-21(24,25)26)34-19(13)32-14-6-12(7-35)16(36)17(14)37/h5,11-12,14,16-17,35-37H,3,6-9H2,1H3,(H2,30,32,33,34)/t11?,12-,14-,16-,17+/m1/s1. The molecule has 16 heteroatoms. The molecule has 1 aliphatic heterocycles. The van der Waals surface area contributed by atoms with Crippen LogP contribution in [0.15, 0.2) is 17.0 Å². The van der Waals surface area contributed by atoms with Gasteiger partial charge in [-0.3, -0.25) is 0 Å². The van der Waals surface area contributed by atoms with Crippen molar-refractivity contribution in [2.24, 2.45) is 16.8 Å². The molecule has 0 aromatic carbocycles. The molecule has 9 nitrogen and oxygen atoms in total. The second-order valence-corrected chi connectivity index (χ2v) is 9.06. The van der Waals surface area contributed by atoms with Crippen LogP contribution in [-0.2, 0) is 4.74 Å². The summed E-state index contributed by atoms with van der Waals surface area (Å²) in [6.07, 6.45) is -10.1. The Hall–Kier alpha value is -2.80. The first-order valence-corrected chi connectivity index (χ1v) is 11.6. The van der Waals surface area contributed by atoms with Gasteiger partial charge in [-0.2, -0.15) is 36.3 Å². The predicted octanol–water partition coefficient (Wildman–Crippen LogP) is 2.87. The largest absolute Gasteiger partial charge is 0.468 e. The molecule has 38 heavy (non-hydrogen) atoms. The van der Waals surface area contributed by atoms with E-state index >= 15 is 0 Å². The van der Waals surface area contributed by atoms with Gasteiger partial charge in [0.1, 0.15) is 24.0 Å². The Morgan fingerprint density at radius 1 is 1.13 bits per heavy atom. The van der Waals surface area contributed by atoms with E-state index < -0.39 is 68.1 Å². The van der Waals surface area contributed by atoms with Gasteiger partial charge in [-0.05, 0) is 25.8 Å². The Bertz CT molecular complexity index is 1130. The van der Waals surface area contributed by atoms with Crippen LogP contribution >= 0.6 is 11.6 Å². The molecule has 1 aromatic heterocycles. The third-order valence-corrected chi connectivity index (χ3v) is 6.02. The van der Waals surface area contributed by atoms with Crippen molar-refractivity contribution in [2.45, 2.75) is 50.4 Å². The SMILES string of the molecule is CC1=NC(OCC(F)(F)F)=CCC1C#Cc1c(Cl)nc(NCC(F)(F)F)nc1N[C@@H]1C[C@H](CO)[C@@H](O)[C@H]1O. The number of halogens is 7. The number of alkyl halides is 6. The fourth-order valence-electron chi connectivity index (χ4n) is 3.79. The molecule has 0 spiro atoms. The summed E-state index contributed by atoms with van der Waals surface area (Å²) in [6, 6.07) is -0.849. The molecule has 5 N–H and O–H groups in total. The van der Waals surface area contributed by atoms with Gasteiger partial charge in [-0.1, -0.05) is 23.4 Å². The molecule has 1 saturated carbocycles. The smallest absolute Gasteiger partial charge is 0.422 e. The van der Waals surface area contributed by atoms with E-state index in [-0.39, 0.29) is 35.3 Å². The number of allylic oxidation sites excluding steroid dienone is 1. The first kappa shape index (κ1) is 29.8. The maximum atomic E-state index is 12.7. The number of nitrogens with zero attached hydrogens (tertiary/aromatic N) is 3. The predicted molar refractivity (Wildman–Crippen MR) is 124 cm³/mol. The minimum absolute atomic E-state index is 0.0331. The average Bonchev–Trinajstić information content (AvgIpc) is 3.08. The van der Waals surface area contributed by atoms with E-state index in [0.717, 1.165) is 0 Å². The zero-order valence-corrected chi connectivity index (χ0v) is 20.5. The highest BCUT2D eigenvalue weighted by atomic mass is 35.5. The van der Waals surface area contributed by atoms with E-state index in [0.29, 0.717) is 5.71 Å². The van der Waals surface area contributed by atoms with Crippen LogP contribution in [0.4, 0.5) is 38.1 Å². The summed E-state index contributed by atoms with van der Waals surface area (Å²) >= 11 is 6.22. The molecule has 5 atom stereocenters. The van der Waals surface area contributed by atoms with Crippen LogP contribution in [-0.4, -0.2) is 81.4 Å². The van der Waals surface area contributed by atoms with Crippen LogP contribution in [0, 0.1) is 23.7 Å². The van der Waals surface area contributed by atoms with Crippen LogP contribution in [0.25, 0.3) is 0 Å². The van der Waals surface area contributed by atoms with E-state index in [1.54, 1.807) is 0 Å². The number of aromatic nitrogens is 2.